The largest absolute Gasteiger partial charge is 0.481 e. The summed E-state index contributed by atoms with van der Waals surface area (Å²) < 4.78 is 2.64. The maximum absolute atomic E-state index is 10.5. The maximum atomic E-state index is 10.5. The van der Waals surface area contributed by atoms with Crippen LogP contribution in [0.2, 0.25) is 0 Å². The first-order valence-corrected chi connectivity index (χ1v) is 6.25. The zero-order chi connectivity index (χ0) is 13.1. The zero-order valence-corrected chi connectivity index (χ0v) is 11.4. The molecule has 6 heteroatoms. The molecule has 0 aliphatic carbocycles. The SMILES string of the molecule is Cc1ccc(-n2cc(CCC(=O)O)nn2)cc1Br. The summed E-state index contributed by atoms with van der Waals surface area (Å²) in [4.78, 5) is 10.5. The molecular weight excluding hydrogens is 298 g/mol. The molecule has 0 unspecified atom stereocenters. The second kappa shape index (κ2) is 5.30. The number of benzene rings is 1. The van der Waals surface area contributed by atoms with Gasteiger partial charge in [0.05, 0.1) is 24.0 Å². The lowest BCUT2D eigenvalue weighted by atomic mass is 10.2. The first kappa shape index (κ1) is 12.8. The fourth-order valence-corrected chi connectivity index (χ4v) is 1.87. The van der Waals surface area contributed by atoms with E-state index in [0.717, 1.165) is 15.7 Å². The van der Waals surface area contributed by atoms with E-state index < -0.39 is 5.97 Å². The van der Waals surface area contributed by atoms with Gasteiger partial charge in [0.25, 0.3) is 0 Å². The summed E-state index contributed by atoms with van der Waals surface area (Å²) in [6, 6.07) is 5.87. The molecule has 18 heavy (non-hydrogen) atoms. The van der Waals surface area contributed by atoms with Crippen LogP contribution >= 0.6 is 15.9 Å². The van der Waals surface area contributed by atoms with Crippen LogP contribution in [0.4, 0.5) is 0 Å². The van der Waals surface area contributed by atoms with Crippen LogP contribution in [0.25, 0.3) is 5.69 Å². The molecule has 0 atom stereocenters. The van der Waals surface area contributed by atoms with E-state index in [4.69, 9.17) is 5.11 Å². The lowest BCUT2D eigenvalue weighted by Gasteiger charge is -2.02. The van der Waals surface area contributed by atoms with E-state index in [9.17, 15) is 4.79 Å². The number of carboxylic acid groups (broad SMARTS) is 1. The molecule has 1 aromatic carbocycles. The van der Waals surface area contributed by atoms with Gasteiger partial charge < -0.3 is 5.11 Å². The predicted molar refractivity (Wildman–Crippen MR) is 69.8 cm³/mol. The van der Waals surface area contributed by atoms with Crippen LogP contribution in [-0.4, -0.2) is 26.1 Å². The van der Waals surface area contributed by atoms with Gasteiger partial charge in [-0.15, -0.1) is 5.10 Å². The lowest BCUT2D eigenvalue weighted by Crippen LogP contribution is -1.97. The van der Waals surface area contributed by atoms with Crippen LogP contribution < -0.4 is 0 Å². The Labute approximate surface area is 113 Å². The van der Waals surface area contributed by atoms with E-state index >= 15 is 0 Å². The first-order chi connectivity index (χ1) is 8.56. The normalized spacial score (nSPS) is 10.6. The number of halogens is 1. The minimum absolute atomic E-state index is 0.0658. The molecule has 0 saturated heterocycles. The molecule has 1 N–H and O–H groups in total. The molecule has 2 rings (SSSR count). The van der Waals surface area contributed by atoms with Gasteiger partial charge in [0.15, 0.2) is 0 Å². The predicted octanol–water partition coefficient (Wildman–Crippen LogP) is 2.36. The average Bonchev–Trinajstić information content (AvgIpc) is 2.79. The Balaban J connectivity index is 2.18. The molecule has 0 bridgehead atoms. The molecule has 0 amide bonds. The molecule has 0 fully saturated rings. The standard InChI is InChI=1S/C12H12BrN3O2/c1-8-2-4-10(6-11(8)13)16-7-9(14-15-16)3-5-12(17)18/h2,4,6-7H,3,5H2,1H3,(H,17,18). The summed E-state index contributed by atoms with van der Waals surface area (Å²) in [5.41, 5.74) is 2.71. The molecule has 1 heterocycles. The Morgan fingerprint density at radius 2 is 2.28 bits per heavy atom. The van der Waals surface area contributed by atoms with Gasteiger partial charge in [-0.1, -0.05) is 27.2 Å². The molecule has 0 radical (unpaired) electrons. The molecule has 0 aliphatic rings. The van der Waals surface area contributed by atoms with Crippen molar-refractivity contribution >= 4 is 21.9 Å². The first-order valence-electron chi connectivity index (χ1n) is 5.46. The van der Waals surface area contributed by atoms with E-state index in [1.54, 1.807) is 10.9 Å². The van der Waals surface area contributed by atoms with Gasteiger partial charge in [-0.3, -0.25) is 4.79 Å². The highest BCUT2D eigenvalue weighted by Crippen LogP contribution is 2.19. The number of carbonyl (C=O) groups is 1. The van der Waals surface area contributed by atoms with E-state index in [0.29, 0.717) is 12.1 Å². The number of rotatable bonds is 4. The molecule has 5 nitrogen and oxygen atoms in total. The third-order valence-corrected chi connectivity index (χ3v) is 3.41. The summed E-state index contributed by atoms with van der Waals surface area (Å²) >= 11 is 3.46. The van der Waals surface area contributed by atoms with Crippen LogP contribution in [0.15, 0.2) is 28.9 Å². The van der Waals surface area contributed by atoms with Gasteiger partial charge in [-0.2, -0.15) is 0 Å². The molecule has 0 saturated carbocycles. The molecule has 0 spiro atoms. The molecule has 0 aliphatic heterocycles. The van der Waals surface area contributed by atoms with Crippen molar-refractivity contribution in [1.29, 1.82) is 0 Å². The Kier molecular flexibility index (Phi) is 3.76. The van der Waals surface area contributed by atoms with Gasteiger partial charge in [0.2, 0.25) is 0 Å². The molecule has 2 aromatic rings. The second-order valence-electron chi connectivity index (χ2n) is 3.98. The summed E-state index contributed by atoms with van der Waals surface area (Å²) in [5, 5.41) is 16.5. The second-order valence-corrected chi connectivity index (χ2v) is 4.84. The molecule has 1 aromatic heterocycles. The van der Waals surface area contributed by atoms with Crippen molar-refractivity contribution in [1.82, 2.24) is 15.0 Å². The summed E-state index contributed by atoms with van der Waals surface area (Å²) in [7, 11) is 0. The van der Waals surface area contributed by atoms with Crippen molar-refractivity contribution < 1.29 is 9.90 Å². The van der Waals surface area contributed by atoms with E-state index in [1.807, 2.05) is 25.1 Å². The van der Waals surface area contributed by atoms with E-state index in [1.165, 1.54) is 0 Å². The van der Waals surface area contributed by atoms with Crippen molar-refractivity contribution in [3.05, 3.63) is 40.1 Å². The number of aryl methyl sites for hydroxylation is 2. The Morgan fingerprint density at radius 3 is 2.94 bits per heavy atom. The van der Waals surface area contributed by atoms with Crippen molar-refractivity contribution in [2.45, 2.75) is 19.8 Å². The Morgan fingerprint density at radius 1 is 1.50 bits per heavy atom. The van der Waals surface area contributed by atoms with Crippen molar-refractivity contribution in [2.75, 3.05) is 0 Å². The number of aromatic nitrogens is 3. The minimum atomic E-state index is -0.831. The number of hydrogen-bond donors (Lipinski definition) is 1. The van der Waals surface area contributed by atoms with Gasteiger partial charge in [0.1, 0.15) is 0 Å². The fraction of sp³-hybridized carbons (Fsp3) is 0.250. The van der Waals surface area contributed by atoms with Crippen molar-refractivity contribution in [3.63, 3.8) is 0 Å². The number of carboxylic acids is 1. The van der Waals surface area contributed by atoms with Gasteiger partial charge in [-0.25, -0.2) is 4.68 Å². The topological polar surface area (TPSA) is 68.0 Å². The third-order valence-electron chi connectivity index (χ3n) is 2.56. The zero-order valence-electron chi connectivity index (χ0n) is 9.80. The highest BCUT2D eigenvalue weighted by molar-refractivity contribution is 9.10. The summed E-state index contributed by atoms with van der Waals surface area (Å²) in [5.74, 6) is -0.831. The lowest BCUT2D eigenvalue weighted by molar-refractivity contribution is -0.136. The summed E-state index contributed by atoms with van der Waals surface area (Å²) in [6.45, 7) is 2.01. The Bertz CT molecular complexity index is 580. The van der Waals surface area contributed by atoms with Crippen LogP contribution in [0.5, 0.6) is 0 Å². The maximum Gasteiger partial charge on any atom is 0.303 e. The van der Waals surface area contributed by atoms with Crippen molar-refractivity contribution in [2.24, 2.45) is 0 Å². The highest BCUT2D eigenvalue weighted by atomic mass is 79.9. The van der Waals surface area contributed by atoms with Gasteiger partial charge in [-0.05, 0) is 24.6 Å². The van der Waals surface area contributed by atoms with Crippen LogP contribution in [-0.2, 0) is 11.2 Å². The highest BCUT2D eigenvalue weighted by Gasteiger charge is 2.06. The fourth-order valence-electron chi connectivity index (χ4n) is 1.50. The van der Waals surface area contributed by atoms with Crippen molar-refractivity contribution in [3.8, 4) is 5.69 Å². The Hall–Kier alpha value is -1.69. The van der Waals surface area contributed by atoms with Crippen LogP contribution in [0, 0.1) is 6.92 Å². The van der Waals surface area contributed by atoms with Gasteiger partial charge in [0, 0.05) is 10.9 Å². The van der Waals surface area contributed by atoms with E-state index in [-0.39, 0.29) is 6.42 Å². The number of hydrogen-bond acceptors (Lipinski definition) is 3. The number of nitrogens with zero attached hydrogens (tertiary/aromatic N) is 3. The average molecular weight is 310 g/mol. The van der Waals surface area contributed by atoms with Crippen LogP contribution in [0.1, 0.15) is 17.7 Å². The minimum Gasteiger partial charge on any atom is -0.481 e. The molecular formula is C12H12BrN3O2. The van der Waals surface area contributed by atoms with E-state index in [2.05, 4.69) is 26.2 Å². The quantitative estimate of drug-likeness (QED) is 0.941. The number of aliphatic carboxylic acids is 1. The third kappa shape index (κ3) is 2.95. The molecule has 94 valence electrons. The monoisotopic (exact) mass is 309 g/mol. The van der Waals surface area contributed by atoms with Gasteiger partial charge >= 0.3 is 5.97 Å². The van der Waals surface area contributed by atoms with Crippen LogP contribution in [0.3, 0.4) is 0 Å². The summed E-state index contributed by atoms with van der Waals surface area (Å²) in [6.07, 6.45) is 2.21. The smallest absolute Gasteiger partial charge is 0.303 e.